The van der Waals surface area contributed by atoms with Crippen LogP contribution in [0.2, 0.25) is 0 Å². The number of benzene rings is 2. The summed E-state index contributed by atoms with van der Waals surface area (Å²) in [6.45, 7) is 3.31. The number of ether oxygens (including phenoxy) is 4. The number of allylic oxidation sites excluding steroid dienone is 1. The maximum Gasteiger partial charge on any atom is 0.247 e. The lowest BCUT2D eigenvalue weighted by Crippen LogP contribution is -2.67. The van der Waals surface area contributed by atoms with Crippen LogP contribution in [-0.2, 0) is 30.4 Å². The van der Waals surface area contributed by atoms with Gasteiger partial charge in [0.1, 0.15) is 43.4 Å². The number of hydroxylamine groups is 1. The fourth-order valence-corrected chi connectivity index (χ4v) is 5.20. The highest BCUT2D eigenvalue weighted by atomic mass is 19.1. The summed E-state index contributed by atoms with van der Waals surface area (Å²) in [5.74, 6) is -1.25. The summed E-state index contributed by atoms with van der Waals surface area (Å²) in [4.78, 5) is 18.3. The summed E-state index contributed by atoms with van der Waals surface area (Å²) in [6, 6.07) is 12.4. The van der Waals surface area contributed by atoms with Crippen LogP contribution in [0.25, 0.3) is 6.08 Å². The van der Waals surface area contributed by atoms with Gasteiger partial charge in [-0.3, -0.25) is 15.1 Å². The second-order valence-corrected chi connectivity index (χ2v) is 10.7. The van der Waals surface area contributed by atoms with Crippen LogP contribution in [0, 0.1) is 5.82 Å². The maximum atomic E-state index is 14.9. The molecule has 232 valence electrons. The molecule has 2 aromatic carbocycles. The summed E-state index contributed by atoms with van der Waals surface area (Å²) in [7, 11) is 0. The summed E-state index contributed by atoms with van der Waals surface area (Å²) in [5.41, 5.74) is 4.66. The standard InChI is InChI=1S/C30H35FN2O10/c1-15(30(38)32-23-24(35)26(37)29-28(25(23)36)39-14-40-29)10-18-8-9-21(19(31)11-18)42-22-12-20(34)27(43-22)16(2)33-41-13-17-6-4-3-5-7-17/h3-11,20,22-26,28-29,33-37H,12-14H2,1-2H3,(H,32,38)/t20-,22+,23+,24-,25+,26+,28-,29+/m0/s1. The minimum atomic E-state index is -1.49. The van der Waals surface area contributed by atoms with Crippen LogP contribution < -0.4 is 15.5 Å². The molecule has 0 unspecified atom stereocenters. The van der Waals surface area contributed by atoms with E-state index >= 15 is 0 Å². The van der Waals surface area contributed by atoms with E-state index in [-0.39, 0.29) is 30.3 Å². The summed E-state index contributed by atoms with van der Waals surface area (Å²) >= 11 is 0. The Bertz CT molecular complexity index is 1360. The number of amides is 1. The van der Waals surface area contributed by atoms with E-state index in [0.29, 0.717) is 17.9 Å². The fourth-order valence-electron chi connectivity index (χ4n) is 5.20. The molecular weight excluding hydrogens is 567 g/mol. The van der Waals surface area contributed by atoms with Gasteiger partial charge in [-0.1, -0.05) is 36.4 Å². The van der Waals surface area contributed by atoms with Crippen molar-refractivity contribution < 1.29 is 53.4 Å². The third kappa shape index (κ3) is 6.99. The van der Waals surface area contributed by atoms with Crippen LogP contribution in [0.4, 0.5) is 4.39 Å². The first kappa shape index (κ1) is 30.9. The predicted molar refractivity (Wildman–Crippen MR) is 148 cm³/mol. The van der Waals surface area contributed by atoms with Crippen molar-refractivity contribution >= 4 is 12.0 Å². The molecule has 2 saturated heterocycles. The Morgan fingerprint density at radius 2 is 1.74 bits per heavy atom. The number of carbonyl (C=O) groups is 1. The molecule has 1 saturated carbocycles. The first-order chi connectivity index (χ1) is 20.6. The van der Waals surface area contributed by atoms with Gasteiger partial charge < -0.3 is 44.7 Å². The molecule has 0 spiro atoms. The molecule has 1 amide bonds. The van der Waals surface area contributed by atoms with Gasteiger partial charge in [0.25, 0.3) is 0 Å². The second kappa shape index (κ2) is 13.4. The molecule has 12 nitrogen and oxygen atoms in total. The number of halogens is 1. The van der Waals surface area contributed by atoms with E-state index in [1.54, 1.807) is 6.92 Å². The molecule has 0 bridgehead atoms. The van der Waals surface area contributed by atoms with Crippen LogP contribution in [0.5, 0.6) is 5.75 Å². The van der Waals surface area contributed by atoms with Crippen LogP contribution >= 0.6 is 0 Å². The van der Waals surface area contributed by atoms with Crippen LogP contribution in [0.15, 0.2) is 65.6 Å². The average Bonchev–Trinajstić information content (AvgIpc) is 3.63. The van der Waals surface area contributed by atoms with E-state index in [2.05, 4.69) is 10.8 Å². The van der Waals surface area contributed by atoms with Crippen molar-refractivity contribution in [1.29, 1.82) is 0 Å². The third-order valence-corrected chi connectivity index (χ3v) is 7.51. The first-order valence-electron chi connectivity index (χ1n) is 13.8. The van der Waals surface area contributed by atoms with Gasteiger partial charge in [-0.2, -0.15) is 0 Å². The van der Waals surface area contributed by atoms with Crippen molar-refractivity contribution in [3.8, 4) is 5.75 Å². The van der Waals surface area contributed by atoms with E-state index in [1.807, 2.05) is 30.3 Å². The predicted octanol–water partition coefficient (Wildman–Crippen LogP) is 0.991. The number of rotatable bonds is 9. The van der Waals surface area contributed by atoms with Gasteiger partial charge in [-0.25, -0.2) is 4.39 Å². The number of nitrogens with one attached hydrogen (secondary N) is 2. The van der Waals surface area contributed by atoms with Crippen molar-refractivity contribution in [3.63, 3.8) is 0 Å². The van der Waals surface area contributed by atoms with Crippen molar-refractivity contribution in [2.75, 3.05) is 6.79 Å². The van der Waals surface area contributed by atoms with E-state index in [1.165, 1.54) is 31.2 Å². The SMILES string of the molecule is CC(=Cc1ccc(O[C@H]2C[C@H](O)C(=C(C)NOCc3ccccc3)O2)c(F)c1)C(=O)N[C@@H]1[C@H](O)[C@@H](O)[C@H]2OCO[C@H]2[C@@H]1O. The summed E-state index contributed by atoms with van der Waals surface area (Å²) in [5, 5.41) is 44.2. The fraction of sp³-hybridized carbons (Fsp3) is 0.433. The minimum absolute atomic E-state index is 0.0692. The van der Waals surface area contributed by atoms with Gasteiger partial charge in [0.15, 0.2) is 17.3 Å². The van der Waals surface area contributed by atoms with E-state index in [4.69, 9.17) is 23.8 Å². The van der Waals surface area contributed by atoms with Gasteiger partial charge >= 0.3 is 0 Å². The number of aliphatic hydroxyl groups excluding tert-OH is 4. The second-order valence-electron chi connectivity index (χ2n) is 10.7. The monoisotopic (exact) mass is 602 g/mol. The number of fused-ring (bicyclic) bond motifs is 1. The molecule has 13 heteroatoms. The van der Waals surface area contributed by atoms with Crippen LogP contribution in [0.1, 0.15) is 31.4 Å². The van der Waals surface area contributed by atoms with E-state index in [0.717, 1.165) is 5.56 Å². The van der Waals surface area contributed by atoms with E-state index in [9.17, 15) is 29.6 Å². The van der Waals surface area contributed by atoms with Crippen molar-refractivity contribution in [2.24, 2.45) is 0 Å². The molecule has 3 aliphatic rings. The maximum absolute atomic E-state index is 14.9. The molecule has 1 aliphatic carbocycles. The Hall–Kier alpha value is -3.56. The smallest absolute Gasteiger partial charge is 0.247 e. The zero-order valence-corrected chi connectivity index (χ0v) is 23.6. The summed E-state index contributed by atoms with van der Waals surface area (Å²) < 4.78 is 36.8. The number of carbonyl (C=O) groups excluding carboxylic acids is 1. The molecule has 8 atom stereocenters. The Kier molecular flexibility index (Phi) is 9.62. The number of hydrogen-bond acceptors (Lipinski definition) is 11. The van der Waals surface area contributed by atoms with Crippen molar-refractivity contribution in [1.82, 2.24) is 10.8 Å². The molecule has 3 fully saturated rings. The molecule has 0 radical (unpaired) electrons. The lowest BCUT2D eigenvalue weighted by Gasteiger charge is -2.41. The van der Waals surface area contributed by atoms with E-state index < -0.39 is 60.7 Å². The topological polar surface area (TPSA) is 168 Å². The Morgan fingerprint density at radius 3 is 2.47 bits per heavy atom. The van der Waals surface area contributed by atoms with Gasteiger partial charge in [0, 0.05) is 5.57 Å². The molecular formula is C30H35FN2O10. The van der Waals surface area contributed by atoms with Gasteiger partial charge in [0.05, 0.1) is 24.8 Å². The molecule has 0 aromatic heterocycles. The Morgan fingerprint density at radius 1 is 1.02 bits per heavy atom. The summed E-state index contributed by atoms with van der Waals surface area (Å²) in [6.07, 6.45) is -6.42. The van der Waals surface area contributed by atoms with Gasteiger partial charge in [-0.15, -0.1) is 0 Å². The highest BCUT2D eigenvalue weighted by Gasteiger charge is 2.53. The Labute approximate surface area is 247 Å². The van der Waals surface area contributed by atoms with Gasteiger partial charge in [-0.05, 0) is 43.2 Å². The zero-order chi connectivity index (χ0) is 30.7. The molecule has 2 heterocycles. The molecule has 43 heavy (non-hydrogen) atoms. The third-order valence-electron chi connectivity index (χ3n) is 7.51. The number of aliphatic hydroxyl groups is 4. The molecule has 2 aromatic rings. The minimum Gasteiger partial charge on any atom is -0.454 e. The zero-order valence-electron chi connectivity index (χ0n) is 23.6. The quantitative estimate of drug-likeness (QED) is 0.179. The van der Waals surface area contributed by atoms with Crippen LogP contribution in [-0.4, -0.2) is 82.1 Å². The lowest BCUT2D eigenvalue weighted by atomic mass is 9.83. The van der Waals surface area contributed by atoms with Crippen LogP contribution in [0.3, 0.4) is 0 Å². The van der Waals surface area contributed by atoms with Crippen molar-refractivity contribution in [3.05, 3.63) is 82.5 Å². The Balaban J connectivity index is 1.16. The van der Waals surface area contributed by atoms with Gasteiger partial charge in [0.2, 0.25) is 12.2 Å². The molecule has 2 aliphatic heterocycles. The molecule has 5 rings (SSSR count). The highest BCUT2D eigenvalue weighted by Crippen LogP contribution is 2.31. The first-order valence-corrected chi connectivity index (χ1v) is 13.8. The lowest BCUT2D eigenvalue weighted by molar-refractivity contribution is -0.155. The molecule has 6 N–H and O–H groups in total. The highest BCUT2D eigenvalue weighted by molar-refractivity contribution is 5.97. The number of hydrogen-bond donors (Lipinski definition) is 6. The average molecular weight is 603 g/mol. The normalized spacial score (nSPS) is 31.7. The largest absolute Gasteiger partial charge is 0.454 e. The van der Waals surface area contributed by atoms with Crippen molar-refractivity contribution in [2.45, 2.75) is 75.8 Å².